The Balaban J connectivity index is 2.63. The van der Waals surface area contributed by atoms with Crippen LogP contribution in [0.3, 0.4) is 0 Å². The van der Waals surface area contributed by atoms with Gasteiger partial charge >= 0.3 is 0 Å². The molecule has 0 aliphatic rings. The number of H-pyrrole nitrogens is 1. The first kappa shape index (κ1) is 14.4. The number of aryl methyl sites for hydroxylation is 1. The summed E-state index contributed by atoms with van der Waals surface area (Å²) in [6, 6.07) is 0. The molecular weight excluding hydrogens is 276 g/mol. The van der Waals surface area contributed by atoms with Crippen molar-refractivity contribution in [2.24, 2.45) is 0 Å². The topological polar surface area (TPSA) is 46.5 Å². The van der Waals surface area contributed by atoms with E-state index in [9.17, 15) is 0 Å². The van der Waals surface area contributed by atoms with Gasteiger partial charge in [0.2, 0.25) is 0 Å². The molecule has 0 aliphatic heterocycles. The molecule has 2 aromatic heterocycles. The second-order valence-electron chi connectivity index (χ2n) is 5.66. The van der Waals surface area contributed by atoms with Gasteiger partial charge in [0.15, 0.2) is 10.6 Å². The fraction of sp³-hybridized carbons (Fsp3) is 0.615. The first-order valence-electron chi connectivity index (χ1n) is 6.48. The maximum absolute atomic E-state index is 5.31. The Labute approximate surface area is 122 Å². The molecule has 2 heterocycles. The number of aromatic amines is 1. The summed E-state index contributed by atoms with van der Waals surface area (Å²) in [5.74, 6) is 0.919. The highest BCUT2D eigenvalue weighted by Crippen LogP contribution is 2.36. The number of nitrogens with one attached hydrogen (secondary N) is 1. The van der Waals surface area contributed by atoms with Crippen molar-refractivity contribution in [2.45, 2.75) is 53.0 Å². The molecule has 0 saturated carbocycles. The molecule has 0 spiro atoms. The quantitative estimate of drug-likeness (QED) is 0.868. The Morgan fingerprint density at radius 2 is 2.05 bits per heavy atom. The number of hydrogen-bond donors (Lipinski definition) is 1. The molecule has 0 aliphatic carbocycles. The Kier molecular flexibility index (Phi) is 3.92. The lowest BCUT2D eigenvalue weighted by Gasteiger charge is -2.17. The molecule has 0 saturated heterocycles. The summed E-state index contributed by atoms with van der Waals surface area (Å²) < 4.78 is 2.75. The average molecular weight is 296 g/mol. The van der Waals surface area contributed by atoms with Crippen LogP contribution in [0.15, 0.2) is 0 Å². The van der Waals surface area contributed by atoms with Gasteiger partial charge in [-0.05, 0) is 25.6 Å². The minimum atomic E-state index is 0.00467. The monoisotopic (exact) mass is 296 g/mol. The van der Waals surface area contributed by atoms with E-state index in [-0.39, 0.29) is 5.41 Å². The molecule has 0 amide bonds. The smallest absolute Gasteiger partial charge is 0.195 e. The van der Waals surface area contributed by atoms with Crippen LogP contribution in [0.2, 0.25) is 0 Å². The van der Waals surface area contributed by atoms with Crippen molar-refractivity contribution in [3.05, 3.63) is 15.5 Å². The van der Waals surface area contributed by atoms with Crippen LogP contribution in [0.4, 0.5) is 0 Å². The lowest BCUT2D eigenvalue weighted by atomic mass is 9.91. The lowest BCUT2D eigenvalue weighted by Crippen LogP contribution is -2.14. The normalized spacial score (nSPS) is 12.1. The Bertz CT molecular complexity index is 628. The van der Waals surface area contributed by atoms with Crippen LogP contribution in [0.25, 0.3) is 10.7 Å². The molecule has 1 N–H and O–H groups in total. The molecule has 0 radical (unpaired) electrons. The third-order valence-corrected chi connectivity index (χ3v) is 4.13. The maximum Gasteiger partial charge on any atom is 0.195 e. The second-order valence-corrected chi connectivity index (χ2v) is 7.25. The zero-order valence-electron chi connectivity index (χ0n) is 12.1. The van der Waals surface area contributed by atoms with E-state index in [2.05, 4.69) is 47.4 Å². The third-order valence-electron chi connectivity index (χ3n) is 2.85. The first-order valence-corrected chi connectivity index (χ1v) is 7.70. The van der Waals surface area contributed by atoms with Crippen molar-refractivity contribution in [1.82, 2.24) is 19.7 Å². The summed E-state index contributed by atoms with van der Waals surface area (Å²) in [6.45, 7) is 11.6. The second kappa shape index (κ2) is 5.17. The van der Waals surface area contributed by atoms with Gasteiger partial charge < -0.3 is 0 Å². The fourth-order valence-corrected chi connectivity index (χ4v) is 3.36. The molecule has 0 fully saturated rings. The molecule has 2 aromatic rings. The van der Waals surface area contributed by atoms with Crippen LogP contribution in [0.1, 0.15) is 44.8 Å². The molecule has 4 nitrogen and oxygen atoms in total. The Morgan fingerprint density at radius 3 is 2.63 bits per heavy atom. The van der Waals surface area contributed by atoms with E-state index in [1.807, 2.05) is 6.92 Å². The molecular formula is C13H20N4S2. The zero-order chi connectivity index (χ0) is 14.2. The van der Waals surface area contributed by atoms with E-state index in [1.54, 1.807) is 11.3 Å². The highest BCUT2D eigenvalue weighted by molar-refractivity contribution is 7.71. The average Bonchev–Trinajstić information content (AvgIpc) is 2.84. The molecule has 2 rings (SSSR count). The van der Waals surface area contributed by atoms with E-state index < -0.39 is 0 Å². The minimum absolute atomic E-state index is 0.00467. The molecule has 0 unspecified atom stereocenters. The molecule has 0 bridgehead atoms. The Morgan fingerprint density at radius 1 is 1.37 bits per heavy atom. The summed E-state index contributed by atoms with van der Waals surface area (Å²) in [6.07, 6.45) is 1.03. The van der Waals surface area contributed by atoms with Gasteiger partial charge in [0.05, 0.1) is 15.6 Å². The van der Waals surface area contributed by atoms with Crippen LogP contribution in [0, 0.1) is 11.7 Å². The predicted molar refractivity (Wildman–Crippen MR) is 82.2 cm³/mol. The van der Waals surface area contributed by atoms with Gasteiger partial charge in [-0.1, -0.05) is 27.7 Å². The van der Waals surface area contributed by atoms with Crippen LogP contribution in [0.5, 0.6) is 0 Å². The summed E-state index contributed by atoms with van der Waals surface area (Å²) in [4.78, 5) is 5.82. The highest BCUT2D eigenvalue weighted by atomic mass is 32.1. The standard InChI is InChI=1S/C13H20N4S2/c1-6-7-17-11(15-16-12(17)18)9-10(13(3,4)5)14-8(2)19-9/h6-7H2,1-5H3,(H,16,18). The van der Waals surface area contributed by atoms with Gasteiger partial charge in [-0.15, -0.1) is 11.3 Å². The van der Waals surface area contributed by atoms with Crippen molar-refractivity contribution in [3.63, 3.8) is 0 Å². The lowest BCUT2D eigenvalue weighted by molar-refractivity contribution is 0.571. The molecule has 19 heavy (non-hydrogen) atoms. The number of aromatic nitrogens is 4. The third kappa shape index (κ3) is 2.79. The fourth-order valence-electron chi connectivity index (χ4n) is 2.01. The van der Waals surface area contributed by atoms with Crippen LogP contribution in [-0.4, -0.2) is 19.7 Å². The SMILES string of the molecule is CCCn1c(-c2sc(C)nc2C(C)(C)C)n[nH]c1=S. The van der Waals surface area contributed by atoms with Gasteiger partial charge in [-0.25, -0.2) is 4.98 Å². The van der Waals surface area contributed by atoms with Gasteiger partial charge in [0.25, 0.3) is 0 Å². The summed E-state index contributed by atoms with van der Waals surface area (Å²) in [5.41, 5.74) is 1.10. The largest absolute Gasteiger partial charge is 0.299 e. The van der Waals surface area contributed by atoms with Crippen molar-refractivity contribution in [3.8, 4) is 10.7 Å². The van der Waals surface area contributed by atoms with E-state index in [1.165, 1.54) is 0 Å². The highest BCUT2D eigenvalue weighted by Gasteiger charge is 2.26. The predicted octanol–water partition coefficient (Wildman–Crippen LogP) is 4.08. The van der Waals surface area contributed by atoms with Gasteiger partial charge in [-0.3, -0.25) is 9.67 Å². The van der Waals surface area contributed by atoms with Crippen molar-refractivity contribution in [1.29, 1.82) is 0 Å². The van der Waals surface area contributed by atoms with E-state index in [0.717, 1.165) is 34.4 Å². The number of rotatable bonds is 3. The van der Waals surface area contributed by atoms with Crippen molar-refractivity contribution >= 4 is 23.6 Å². The number of hydrogen-bond acceptors (Lipinski definition) is 4. The molecule has 104 valence electrons. The first-order chi connectivity index (χ1) is 8.84. The summed E-state index contributed by atoms with van der Waals surface area (Å²) in [7, 11) is 0. The Hall–Kier alpha value is -1.01. The summed E-state index contributed by atoms with van der Waals surface area (Å²) >= 11 is 7.00. The zero-order valence-corrected chi connectivity index (χ0v) is 13.7. The van der Waals surface area contributed by atoms with E-state index in [4.69, 9.17) is 12.2 Å². The van der Waals surface area contributed by atoms with Crippen LogP contribution < -0.4 is 0 Å². The molecule has 6 heteroatoms. The number of nitrogens with zero attached hydrogens (tertiary/aromatic N) is 3. The van der Waals surface area contributed by atoms with Gasteiger partial charge in [0.1, 0.15) is 0 Å². The minimum Gasteiger partial charge on any atom is -0.299 e. The van der Waals surface area contributed by atoms with Crippen LogP contribution >= 0.6 is 23.6 Å². The maximum atomic E-state index is 5.31. The van der Waals surface area contributed by atoms with Crippen molar-refractivity contribution < 1.29 is 0 Å². The molecule has 0 atom stereocenters. The molecule has 0 aromatic carbocycles. The van der Waals surface area contributed by atoms with Gasteiger partial charge in [-0.2, -0.15) is 5.10 Å². The number of thiazole rings is 1. The summed E-state index contributed by atoms with van der Waals surface area (Å²) in [5, 5.41) is 8.38. The van der Waals surface area contributed by atoms with E-state index in [0.29, 0.717) is 4.77 Å². The van der Waals surface area contributed by atoms with Crippen molar-refractivity contribution in [2.75, 3.05) is 0 Å². The van der Waals surface area contributed by atoms with Gasteiger partial charge in [0, 0.05) is 12.0 Å². The van der Waals surface area contributed by atoms with Crippen LogP contribution in [-0.2, 0) is 12.0 Å². The van der Waals surface area contributed by atoms with E-state index >= 15 is 0 Å².